The Bertz CT molecular complexity index is 6070. The van der Waals surface area contributed by atoms with Crippen LogP contribution in [0.1, 0.15) is 217 Å². The molecule has 1 saturated carbocycles. The van der Waals surface area contributed by atoms with Gasteiger partial charge in [0, 0.05) is 115 Å². The zero-order valence-electron chi connectivity index (χ0n) is 71.0. The van der Waals surface area contributed by atoms with Crippen LogP contribution in [-0.4, -0.2) is 182 Å². The molecule has 0 atom stereocenters. The van der Waals surface area contributed by atoms with Gasteiger partial charge in [0.1, 0.15) is 22.8 Å². The van der Waals surface area contributed by atoms with Crippen molar-refractivity contribution >= 4 is 111 Å². The van der Waals surface area contributed by atoms with Crippen molar-refractivity contribution in [2.75, 3.05) is 62.2 Å². The van der Waals surface area contributed by atoms with Crippen molar-refractivity contribution in [2.45, 2.75) is 201 Å². The topological polar surface area (TPSA) is 467 Å². The summed E-state index contributed by atoms with van der Waals surface area (Å²) in [4.78, 5) is 107. The summed E-state index contributed by atoms with van der Waals surface area (Å²) in [6.45, 7) is 16.0. The SMILES string of the molecule is CN(C(=O)c1cc(S(=O)(=O)NC(=O)Nc2c3c(cc4c2CCC4)CCC3)nn1C)C1CC1.CNC(=O)c1cc(S(=O)(=O)NC(=O)Nc2c(C(C)C)cccc2C(C)C)nn1C.Cn1nc(S(=O)(=O)NC(=O)Nc2c3c(cc4c2CCC4)CCC3)cc1C(=O)N1CCC1.[C-]#[N+]CN(C)C(=O)c1cc(S(=O)(=O)NC(=O)Nc2c3c(cc4c2CCC4)CCC3)nn1C. The molecule has 0 spiro atoms. The van der Waals surface area contributed by atoms with Gasteiger partial charge >= 0.3 is 24.1 Å². The van der Waals surface area contributed by atoms with Crippen LogP contribution in [-0.2, 0) is 145 Å². The number of likely N-dealkylation sites (tertiary alicyclic amines) is 1. The molecule has 8 aliphatic rings. The molecule has 4 aromatic heterocycles. The summed E-state index contributed by atoms with van der Waals surface area (Å²) in [5.74, 6) is -1.32. The van der Waals surface area contributed by atoms with E-state index < -0.39 is 86.1 Å². The molecule has 0 bridgehead atoms. The highest BCUT2D eigenvalue weighted by Crippen LogP contribution is 2.43. The van der Waals surface area contributed by atoms with Gasteiger partial charge in [-0.1, -0.05) is 64.1 Å². The molecule has 4 aromatic carbocycles. The van der Waals surface area contributed by atoms with Gasteiger partial charge < -0.3 is 36.4 Å². The first-order chi connectivity index (χ1) is 58.8. The average molecular weight is 1780 g/mol. The van der Waals surface area contributed by atoms with Gasteiger partial charge in [0.05, 0.1) is 0 Å². The number of hydrogen-bond acceptors (Lipinski definition) is 20. The van der Waals surface area contributed by atoms with Gasteiger partial charge in [-0.15, -0.1) is 0 Å². The molecule has 0 radical (unpaired) electrons. The summed E-state index contributed by atoms with van der Waals surface area (Å²) >= 11 is 0. The number of hydrogen-bond donors (Lipinski definition) is 9. The molecule has 41 heteroatoms. The van der Waals surface area contributed by atoms with E-state index in [4.69, 9.17) is 6.57 Å². The normalized spacial score (nSPS) is 15.1. The Morgan fingerprint density at radius 3 is 1.02 bits per heavy atom. The van der Waals surface area contributed by atoms with Crippen molar-refractivity contribution < 1.29 is 72.0 Å². The van der Waals surface area contributed by atoms with E-state index in [1.807, 2.05) is 55.3 Å². The molecule has 2 fully saturated rings. The Balaban J connectivity index is 0.000000142. The molecule has 5 heterocycles. The maximum atomic E-state index is 12.8. The van der Waals surface area contributed by atoms with E-state index in [9.17, 15) is 72.0 Å². The number of urea groups is 4. The molecular formula is C83H103N21O16S4. The number of sulfonamides is 4. The van der Waals surface area contributed by atoms with Crippen LogP contribution in [0.5, 0.6) is 0 Å². The predicted octanol–water partition coefficient (Wildman–Crippen LogP) is 8.29. The first-order valence-electron chi connectivity index (χ1n) is 41.3. The van der Waals surface area contributed by atoms with Crippen molar-refractivity contribution in [3.63, 3.8) is 0 Å². The van der Waals surface area contributed by atoms with Crippen molar-refractivity contribution in [1.82, 2.24) is 78.0 Å². The molecule has 12 amide bonds. The summed E-state index contributed by atoms with van der Waals surface area (Å²) in [6, 6.07) is 13.9. The number of carbonyl (C=O) groups is 8. The lowest BCUT2D eigenvalue weighted by molar-refractivity contribution is 0.0639. The van der Waals surface area contributed by atoms with Gasteiger partial charge in [0.25, 0.3) is 70.4 Å². The molecule has 16 rings (SSSR count). The Labute approximate surface area is 720 Å². The first-order valence-corrected chi connectivity index (χ1v) is 47.2. The third-order valence-electron chi connectivity index (χ3n) is 23.5. The van der Waals surface area contributed by atoms with Gasteiger partial charge in [-0.05, 0) is 225 Å². The summed E-state index contributed by atoms with van der Waals surface area (Å²) < 4.78 is 115. The lowest BCUT2D eigenvalue weighted by Crippen LogP contribution is -2.42. The van der Waals surface area contributed by atoms with Crippen LogP contribution in [0, 0.1) is 6.57 Å². The third-order valence-corrected chi connectivity index (χ3v) is 28.3. The summed E-state index contributed by atoms with van der Waals surface area (Å²) in [7, 11) is -6.57. The molecule has 37 nitrogen and oxygen atoms in total. The standard InChI is InChI=1S/C22H27N5O4S.C21H24N6O4S.C21H25N5O4S.C19H27N5O4S/c1-26(15-9-10-15)21(28)18-12-19(24-27(18)2)32(30,31)25-22(29)23-20-16-7-3-5-13(16)11-14-6-4-8-17(14)20;1-22-12-26(2)20(28)17-11-18(24-27(17)3)32(30,31)25-21(29)23-19-15-8-4-6-13(15)10-14-7-5-9-16(14)19;1-25-17(20(27)26-9-4-10-26)12-18(23-25)31(29,30)24-21(28)22-19-15-7-2-5-13(15)11-14-6-3-8-16(14)19;1-11(2)13-8-7-9-14(12(3)4)17(13)21-19(26)23-29(27,28)16-10-15(18(25)20-5)24(6)22-16/h11-12,15H,3-10H2,1-2H3,(H2,23,25,29);10-11H,4-9,12H2,2-3H3,(H2,23,25,29);11-12H,2-10H2,1H3,(H2,22,24,28);7-12H,1-6H3,(H,20,25)(H2,21,23,26). The van der Waals surface area contributed by atoms with E-state index in [1.54, 1.807) is 16.8 Å². The average Bonchev–Trinajstić information content (AvgIpc) is 1.62. The smallest absolute Gasteiger partial charge is 0.333 e. The largest absolute Gasteiger partial charge is 0.354 e. The van der Waals surface area contributed by atoms with Crippen LogP contribution in [0.4, 0.5) is 41.9 Å². The van der Waals surface area contributed by atoms with E-state index in [2.05, 4.69) is 79.5 Å². The maximum absolute atomic E-state index is 12.8. The molecule has 9 N–H and O–H groups in total. The van der Waals surface area contributed by atoms with Crippen LogP contribution in [0.3, 0.4) is 0 Å². The number of carbonyl (C=O) groups excluding carboxylic acids is 8. The Morgan fingerprint density at radius 1 is 0.427 bits per heavy atom. The summed E-state index contributed by atoms with van der Waals surface area (Å²) in [5, 5.41) is 27.6. The monoisotopic (exact) mass is 1780 g/mol. The molecule has 7 aliphatic carbocycles. The number of fused-ring (bicyclic) bond motifs is 6. The van der Waals surface area contributed by atoms with Crippen LogP contribution < -0.4 is 45.5 Å². The predicted molar refractivity (Wildman–Crippen MR) is 459 cm³/mol. The second-order valence-corrected chi connectivity index (χ2v) is 39.2. The van der Waals surface area contributed by atoms with Gasteiger partial charge in [-0.3, -0.25) is 47.7 Å². The van der Waals surface area contributed by atoms with Crippen LogP contribution in [0.25, 0.3) is 4.85 Å². The van der Waals surface area contributed by atoms with Crippen molar-refractivity contribution in [2.24, 2.45) is 28.2 Å². The Kier molecular flexibility index (Phi) is 26.3. The first kappa shape index (κ1) is 89.7. The number of anilines is 4. The number of nitrogens with one attached hydrogen (secondary N) is 9. The van der Waals surface area contributed by atoms with Crippen LogP contribution >= 0.6 is 0 Å². The molecule has 8 aromatic rings. The summed E-state index contributed by atoms with van der Waals surface area (Å²) in [6.07, 6.45) is 20.1. The van der Waals surface area contributed by atoms with Crippen molar-refractivity contribution in [1.29, 1.82) is 0 Å². The van der Waals surface area contributed by atoms with Gasteiger partial charge in [-0.2, -0.15) is 54.1 Å². The minimum absolute atomic E-state index is 0.00404. The lowest BCUT2D eigenvalue weighted by atomic mass is 9.93. The molecule has 1 aliphatic heterocycles. The van der Waals surface area contributed by atoms with E-state index in [-0.39, 0.29) is 69.2 Å². The number of amides is 12. The fraction of sp³-hybridized carbons (Fsp3) is 0.458. The summed E-state index contributed by atoms with van der Waals surface area (Å²) in [5.41, 5.74) is 19.2. The molecule has 0 unspecified atom stereocenters. The number of nitrogens with zero attached hydrogens (tertiary/aromatic N) is 12. The highest BCUT2D eigenvalue weighted by molar-refractivity contribution is 7.90. The Morgan fingerprint density at radius 2 is 0.726 bits per heavy atom. The zero-order chi connectivity index (χ0) is 89.3. The highest BCUT2D eigenvalue weighted by atomic mass is 32.2. The third kappa shape index (κ3) is 19.3. The van der Waals surface area contributed by atoms with E-state index in [1.165, 1.54) is 97.2 Å². The molecule has 1 saturated heterocycles. The number of aryl methyl sites for hydroxylation is 10. The minimum Gasteiger partial charge on any atom is -0.354 e. The van der Waals surface area contributed by atoms with Crippen molar-refractivity contribution in [3.05, 3.63) is 173 Å². The second-order valence-electron chi connectivity index (χ2n) is 32.7. The van der Waals surface area contributed by atoms with E-state index in [0.29, 0.717) is 18.8 Å². The number of rotatable bonds is 20. The van der Waals surface area contributed by atoms with Gasteiger partial charge in [0.2, 0.25) is 0 Å². The molecule has 124 heavy (non-hydrogen) atoms. The van der Waals surface area contributed by atoms with Crippen molar-refractivity contribution in [3.8, 4) is 0 Å². The quantitative estimate of drug-likeness (QED) is 0.0324. The lowest BCUT2D eigenvalue weighted by Gasteiger charge is -2.30. The van der Waals surface area contributed by atoms with E-state index in [0.717, 1.165) is 223 Å². The number of benzene rings is 4. The van der Waals surface area contributed by atoms with Crippen LogP contribution in [0.2, 0.25) is 0 Å². The van der Waals surface area contributed by atoms with E-state index >= 15 is 0 Å². The fourth-order valence-electron chi connectivity index (χ4n) is 16.9. The molecule has 660 valence electrons. The van der Waals surface area contributed by atoms with Gasteiger partial charge in [-0.25, -0.2) is 44.6 Å². The molecular weight excluding hydrogens is 1680 g/mol. The second kappa shape index (κ2) is 36.4. The van der Waals surface area contributed by atoms with Gasteiger partial charge in [0.15, 0.2) is 20.1 Å². The minimum atomic E-state index is -4.31. The zero-order valence-corrected chi connectivity index (χ0v) is 74.3. The maximum Gasteiger partial charge on any atom is 0.333 e. The Hall–Kier alpha value is -12.0. The fourth-order valence-corrected chi connectivity index (χ4v) is 20.5. The van der Waals surface area contributed by atoms with Crippen LogP contribution in [0.15, 0.2) is 80.8 Å². The number of aromatic nitrogens is 8. The number of para-hydroxylation sites is 1. The highest BCUT2D eigenvalue weighted by Gasteiger charge is 2.37.